The monoisotopic (exact) mass is 378 g/mol. The van der Waals surface area contributed by atoms with E-state index in [1.54, 1.807) is 0 Å². The molecule has 2 heterocycles. The second kappa shape index (κ2) is 6.76. The number of para-hydroxylation sites is 1. The van der Waals surface area contributed by atoms with Crippen molar-refractivity contribution in [1.29, 1.82) is 0 Å². The number of amides is 1. The van der Waals surface area contributed by atoms with Gasteiger partial charge < -0.3 is 4.90 Å². The fourth-order valence-corrected chi connectivity index (χ4v) is 7.91. The minimum atomic E-state index is -3.02. The lowest BCUT2D eigenvalue weighted by Gasteiger charge is -2.25. The molecule has 5 nitrogen and oxygen atoms in total. The van der Waals surface area contributed by atoms with Crippen molar-refractivity contribution in [2.75, 3.05) is 16.4 Å². The van der Waals surface area contributed by atoms with Crippen LogP contribution < -0.4 is 4.90 Å². The zero-order valence-electron chi connectivity index (χ0n) is 14.0. The van der Waals surface area contributed by atoms with E-state index in [4.69, 9.17) is 0 Å². The fourth-order valence-electron chi connectivity index (χ4n) is 3.99. The van der Waals surface area contributed by atoms with E-state index in [2.05, 4.69) is 4.99 Å². The first-order valence-corrected chi connectivity index (χ1v) is 11.6. The maximum atomic E-state index is 12.6. The Kier molecular flexibility index (Phi) is 4.62. The van der Waals surface area contributed by atoms with Crippen molar-refractivity contribution in [2.24, 2.45) is 10.9 Å². The van der Waals surface area contributed by atoms with E-state index in [0.29, 0.717) is 5.17 Å². The van der Waals surface area contributed by atoms with Crippen molar-refractivity contribution in [3.8, 4) is 0 Å². The van der Waals surface area contributed by atoms with Crippen molar-refractivity contribution in [2.45, 2.75) is 43.4 Å². The number of hydrogen-bond acceptors (Lipinski definition) is 4. The van der Waals surface area contributed by atoms with Crippen molar-refractivity contribution < 1.29 is 13.2 Å². The Hall–Kier alpha value is -1.34. The Morgan fingerprint density at radius 1 is 1.08 bits per heavy atom. The molecule has 0 radical (unpaired) electrons. The van der Waals surface area contributed by atoms with Gasteiger partial charge in [-0.15, -0.1) is 0 Å². The van der Waals surface area contributed by atoms with Crippen LogP contribution in [0.15, 0.2) is 35.3 Å². The van der Waals surface area contributed by atoms with Crippen LogP contribution >= 0.6 is 11.8 Å². The Bertz CT molecular complexity index is 786. The molecule has 3 aliphatic rings. The van der Waals surface area contributed by atoms with Crippen LogP contribution in [0.25, 0.3) is 0 Å². The Morgan fingerprint density at radius 2 is 1.80 bits per heavy atom. The number of carbonyl (C=O) groups excluding carboxylic acids is 1. The summed E-state index contributed by atoms with van der Waals surface area (Å²) in [7, 11) is -3.02. The second-order valence-corrected chi connectivity index (χ2v) is 10.4. The lowest BCUT2D eigenvalue weighted by Crippen LogP contribution is -2.38. The maximum absolute atomic E-state index is 12.6. The van der Waals surface area contributed by atoms with Crippen LogP contribution in [0.4, 0.5) is 5.69 Å². The molecule has 4 rings (SSSR count). The van der Waals surface area contributed by atoms with E-state index < -0.39 is 9.84 Å². The average Bonchev–Trinajstić information content (AvgIpc) is 3.07. The normalized spacial score (nSPS) is 30.6. The van der Waals surface area contributed by atoms with Crippen LogP contribution in [-0.2, 0) is 14.6 Å². The molecule has 0 N–H and O–H groups in total. The van der Waals surface area contributed by atoms with Crippen molar-refractivity contribution in [3.05, 3.63) is 30.3 Å². The van der Waals surface area contributed by atoms with Gasteiger partial charge in [0.2, 0.25) is 0 Å². The number of anilines is 1. The third kappa shape index (κ3) is 3.49. The van der Waals surface area contributed by atoms with Crippen LogP contribution in [0.2, 0.25) is 0 Å². The van der Waals surface area contributed by atoms with Crippen LogP contribution in [0.5, 0.6) is 0 Å². The topological polar surface area (TPSA) is 66.8 Å². The van der Waals surface area contributed by atoms with Gasteiger partial charge in [-0.3, -0.25) is 4.79 Å². The van der Waals surface area contributed by atoms with Gasteiger partial charge in [0.15, 0.2) is 15.0 Å². The van der Waals surface area contributed by atoms with Gasteiger partial charge in [0.05, 0.1) is 17.5 Å². The highest BCUT2D eigenvalue weighted by Crippen LogP contribution is 2.41. The first kappa shape index (κ1) is 17.1. The largest absolute Gasteiger partial charge is 0.316 e. The highest BCUT2D eigenvalue weighted by Gasteiger charge is 2.49. The molecule has 1 amide bonds. The number of carbonyl (C=O) groups is 1. The van der Waals surface area contributed by atoms with Crippen molar-refractivity contribution >= 4 is 38.4 Å². The number of sulfone groups is 1. The molecular formula is C18H22N2O3S2. The molecule has 3 fully saturated rings. The predicted molar refractivity (Wildman–Crippen MR) is 102 cm³/mol. The summed E-state index contributed by atoms with van der Waals surface area (Å²) >= 11 is 1.45. The molecule has 2 aliphatic heterocycles. The Labute approximate surface area is 152 Å². The molecule has 25 heavy (non-hydrogen) atoms. The summed E-state index contributed by atoms with van der Waals surface area (Å²) in [4.78, 5) is 19.1. The summed E-state index contributed by atoms with van der Waals surface area (Å²) in [6.07, 6.45) is 5.24. The zero-order chi connectivity index (χ0) is 17.4. The number of thioether (sulfide) groups is 1. The number of benzene rings is 1. The molecule has 2 saturated heterocycles. The van der Waals surface area contributed by atoms with E-state index in [1.807, 2.05) is 35.2 Å². The van der Waals surface area contributed by atoms with Crippen LogP contribution in [0.1, 0.15) is 32.1 Å². The van der Waals surface area contributed by atoms with E-state index in [0.717, 1.165) is 31.4 Å². The summed E-state index contributed by atoms with van der Waals surface area (Å²) < 4.78 is 24.1. The van der Waals surface area contributed by atoms with Crippen LogP contribution in [-0.4, -0.2) is 42.3 Å². The predicted octanol–water partition coefficient (Wildman–Crippen LogP) is 2.87. The van der Waals surface area contributed by atoms with Gasteiger partial charge in [-0.05, 0) is 25.0 Å². The number of fused-ring (bicyclic) bond motifs is 1. The van der Waals surface area contributed by atoms with E-state index in [1.165, 1.54) is 18.2 Å². The van der Waals surface area contributed by atoms with Gasteiger partial charge in [-0.25, -0.2) is 8.42 Å². The van der Waals surface area contributed by atoms with Gasteiger partial charge >= 0.3 is 0 Å². The SMILES string of the molecule is O=C(N=C1S[C@@H]2CS(=O)(=O)C[C@H]2N1c1ccccc1)C1CCCCC1. The number of hydrogen-bond donors (Lipinski definition) is 0. The number of aliphatic imine (C=N–C) groups is 1. The third-order valence-electron chi connectivity index (χ3n) is 5.26. The van der Waals surface area contributed by atoms with Gasteiger partial charge in [0.1, 0.15) is 0 Å². The molecule has 2 atom stereocenters. The van der Waals surface area contributed by atoms with E-state index in [-0.39, 0.29) is 34.6 Å². The summed E-state index contributed by atoms with van der Waals surface area (Å²) in [5, 5.41) is 0.634. The first-order valence-electron chi connectivity index (χ1n) is 8.87. The van der Waals surface area contributed by atoms with Crippen LogP contribution in [0, 0.1) is 5.92 Å². The van der Waals surface area contributed by atoms with Crippen molar-refractivity contribution in [3.63, 3.8) is 0 Å². The zero-order valence-corrected chi connectivity index (χ0v) is 15.6. The first-order chi connectivity index (χ1) is 12.0. The van der Waals surface area contributed by atoms with E-state index >= 15 is 0 Å². The van der Waals surface area contributed by atoms with Gasteiger partial charge in [-0.2, -0.15) is 4.99 Å². The number of rotatable bonds is 2. The average molecular weight is 379 g/mol. The summed E-state index contributed by atoms with van der Waals surface area (Å²) in [5.41, 5.74) is 0.912. The second-order valence-electron chi connectivity index (χ2n) is 7.07. The quantitative estimate of drug-likeness (QED) is 0.792. The Morgan fingerprint density at radius 3 is 2.52 bits per heavy atom. The highest BCUT2D eigenvalue weighted by molar-refractivity contribution is 8.16. The van der Waals surface area contributed by atoms with Gasteiger partial charge in [0, 0.05) is 16.9 Å². The fraction of sp³-hybridized carbons (Fsp3) is 0.556. The molecule has 0 spiro atoms. The third-order valence-corrected chi connectivity index (χ3v) is 8.47. The number of amidine groups is 1. The molecule has 0 unspecified atom stereocenters. The summed E-state index contributed by atoms with van der Waals surface area (Å²) in [6, 6.07) is 9.56. The summed E-state index contributed by atoms with van der Waals surface area (Å²) in [5.74, 6) is 0.299. The highest BCUT2D eigenvalue weighted by atomic mass is 32.2. The Balaban J connectivity index is 1.64. The van der Waals surface area contributed by atoms with Gasteiger partial charge in [0.25, 0.3) is 5.91 Å². The maximum Gasteiger partial charge on any atom is 0.251 e. The lowest BCUT2D eigenvalue weighted by atomic mass is 9.89. The molecule has 0 bridgehead atoms. The van der Waals surface area contributed by atoms with Crippen molar-refractivity contribution in [1.82, 2.24) is 0 Å². The molecule has 1 saturated carbocycles. The van der Waals surface area contributed by atoms with Crippen LogP contribution in [0.3, 0.4) is 0 Å². The minimum absolute atomic E-state index is 0.0312. The molecule has 0 aromatic heterocycles. The van der Waals surface area contributed by atoms with E-state index in [9.17, 15) is 13.2 Å². The minimum Gasteiger partial charge on any atom is -0.316 e. The summed E-state index contributed by atoms with van der Waals surface area (Å²) in [6.45, 7) is 0. The molecular weight excluding hydrogens is 356 g/mol. The molecule has 7 heteroatoms. The smallest absolute Gasteiger partial charge is 0.251 e. The molecule has 1 aromatic carbocycles. The molecule has 134 valence electrons. The lowest BCUT2D eigenvalue weighted by molar-refractivity contribution is -0.122. The number of nitrogens with zero attached hydrogens (tertiary/aromatic N) is 2. The standard InChI is InChI=1S/C18H22N2O3S2/c21-17(13-7-3-1-4-8-13)19-18-20(14-9-5-2-6-10-14)15-11-25(22,23)12-16(15)24-18/h2,5-6,9-10,13,15-16H,1,3-4,7-8,11-12H2/t15-,16-/m1/s1. The molecule has 1 aromatic rings. The van der Waals surface area contributed by atoms with Gasteiger partial charge in [-0.1, -0.05) is 49.2 Å². The molecule has 1 aliphatic carbocycles.